The van der Waals surface area contributed by atoms with Crippen molar-refractivity contribution in [2.24, 2.45) is 11.7 Å². The summed E-state index contributed by atoms with van der Waals surface area (Å²) in [5.41, 5.74) is 6.63. The molecule has 0 aromatic heterocycles. The molecule has 1 nitrogen and oxygen atoms in total. The van der Waals surface area contributed by atoms with Gasteiger partial charge in [0.1, 0.15) is 0 Å². The molecule has 0 fully saturated rings. The molecule has 2 heteroatoms. The maximum Gasteiger partial charge on any atom is 0.0177 e. The van der Waals surface area contributed by atoms with Crippen LogP contribution in [0.1, 0.15) is 98.3 Å². The van der Waals surface area contributed by atoms with Crippen LogP contribution in [0.25, 0.3) is 0 Å². The Morgan fingerprint density at radius 2 is 1.26 bits per heavy atom. The number of hydrogen-bond acceptors (Lipinski definition) is 1. The van der Waals surface area contributed by atoms with Crippen molar-refractivity contribution in [1.29, 1.82) is 0 Å². The summed E-state index contributed by atoms with van der Waals surface area (Å²) in [6.45, 7) is 9.08. The summed E-state index contributed by atoms with van der Waals surface area (Å²) >= 11 is 0. The lowest BCUT2D eigenvalue weighted by atomic mass is 9.76. The van der Waals surface area contributed by atoms with Crippen molar-refractivity contribution in [3.63, 3.8) is 0 Å². The van der Waals surface area contributed by atoms with Gasteiger partial charge in [-0.1, -0.05) is 79.1 Å². The first kappa shape index (κ1) is 21.7. The van der Waals surface area contributed by atoms with Crippen molar-refractivity contribution in [2.75, 3.05) is 0 Å². The summed E-state index contributed by atoms with van der Waals surface area (Å²) in [6, 6.07) is 0. The standard InChI is InChI=1S/C17H37N.BrH/c1-5-9-10-11-12-13-14-15-16(6-2)17(18,7-3)8-4;/h16H,5-15,18H2,1-4H3;1H. The van der Waals surface area contributed by atoms with Gasteiger partial charge in [0.25, 0.3) is 0 Å². The average Bonchev–Trinajstić information content (AvgIpc) is 2.41. The summed E-state index contributed by atoms with van der Waals surface area (Å²) in [5.74, 6) is 0.725. The number of halogens is 1. The van der Waals surface area contributed by atoms with Gasteiger partial charge in [-0.3, -0.25) is 0 Å². The molecule has 0 radical (unpaired) electrons. The number of nitrogens with two attached hydrogens (primary N) is 1. The van der Waals surface area contributed by atoms with Gasteiger partial charge in [-0.25, -0.2) is 0 Å². The van der Waals surface area contributed by atoms with E-state index >= 15 is 0 Å². The van der Waals surface area contributed by atoms with Gasteiger partial charge in [-0.05, 0) is 25.2 Å². The molecule has 0 saturated heterocycles. The van der Waals surface area contributed by atoms with E-state index in [2.05, 4.69) is 27.7 Å². The van der Waals surface area contributed by atoms with Crippen LogP contribution in [0.5, 0.6) is 0 Å². The second-order valence-corrected chi connectivity index (χ2v) is 5.96. The normalized spacial score (nSPS) is 13.1. The summed E-state index contributed by atoms with van der Waals surface area (Å²) < 4.78 is 0. The fourth-order valence-electron chi connectivity index (χ4n) is 3.07. The van der Waals surface area contributed by atoms with Crippen LogP contribution in [-0.2, 0) is 0 Å². The molecule has 0 bridgehead atoms. The van der Waals surface area contributed by atoms with E-state index in [0.29, 0.717) is 0 Å². The lowest BCUT2D eigenvalue weighted by molar-refractivity contribution is 0.225. The monoisotopic (exact) mass is 335 g/mol. The minimum absolute atomic E-state index is 0. The molecule has 0 aliphatic heterocycles. The zero-order chi connectivity index (χ0) is 13.9. The highest BCUT2D eigenvalue weighted by Crippen LogP contribution is 2.30. The van der Waals surface area contributed by atoms with Crippen LogP contribution in [0, 0.1) is 5.92 Å². The van der Waals surface area contributed by atoms with Crippen molar-refractivity contribution < 1.29 is 0 Å². The molecule has 1 unspecified atom stereocenters. The van der Waals surface area contributed by atoms with Crippen LogP contribution in [0.3, 0.4) is 0 Å². The summed E-state index contributed by atoms with van der Waals surface area (Å²) in [7, 11) is 0. The summed E-state index contributed by atoms with van der Waals surface area (Å²) in [5, 5.41) is 0. The SMILES string of the molecule is Br.CCCCCCCCCC(CC)C(N)(CC)CC. The molecule has 118 valence electrons. The lowest BCUT2D eigenvalue weighted by Gasteiger charge is -2.36. The molecule has 0 aliphatic rings. The third kappa shape index (κ3) is 9.07. The molecule has 0 heterocycles. The van der Waals surface area contributed by atoms with Crippen LogP contribution in [0.15, 0.2) is 0 Å². The second kappa shape index (κ2) is 13.4. The molecular formula is C17H38BrN. The van der Waals surface area contributed by atoms with Gasteiger partial charge < -0.3 is 5.73 Å². The van der Waals surface area contributed by atoms with Gasteiger partial charge in [-0.2, -0.15) is 0 Å². The molecule has 0 rings (SSSR count). The van der Waals surface area contributed by atoms with E-state index in [0.717, 1.165) is 18.8 Å². The predicted molar refractivity (Wildman–Crippen MR) is 94.2 cm³/mol. The average molecular weight is 336 g/mol. The first-order valence-corrected chi connectivity index (χ1v) is 8.43. The molecule has 0 spiro atoms. The highest BCUT2D eigenvalue weighted by atomic mass is 79.9. The lowest BCUT2D eigenvalue weighted by Crippen LogP contribution is -2.45. The first-order chi connectivity index (χ1) is 8.64. The molecule has 2 N–H and O–H groups in total. The Morgan fingerprint density at radius 3 is 1.68 bits per heavy atom. The van der Waals surface area contributed by atoms with E-state index in [-0.39, 0.29) is 22.5 Å². The van der Waals surface area contributed by atoms with Crippen LogP contribution < -0.4 is 5.73 Å². The van der Waals surface area contributed by atoms with Gasteiger partial charge >= 0.3 is 0 Å². The zero-order valence-corrected chi connectivity index (χ0v) is 15.6. The summed E-state index contributed by atoms with van der Waals surface area (Å²) in [6.07, 6.45) is 14.7. The van der Waals surface area contributed by atoms with Crippen LogP contribution in [-0.4, -0.2) is 5.54 Å². The van der Waals surface area contributed by atoms with Crippen molar-refractivity contribution in [1.82, 2.24) is 0 Å². The highest BCUT2D eigenvalue weighted by Gasteiger charge is 2.29. The van der Waals surface area contributed by atoms with E-state index in [9.17, 15) is 0 Å². The molecule has 0 saturated carbocycles. The Hall–Kier alpha value is 0.440. The maximum atomic E-state index is 6.53. The highest BCUT2D eigenvalue weighted by molar-refractivity contribution is 8.93. The minimum Gasteiger partial charge on any atom is -0.325 e. The molecule has 1 atom stereocenters. The van der Waals surface area contributed by atoms with E-state index in [4.69, 9.17) is 5.73 Å². The van der Waals surface area contributed by atoms with E-state index in [1.165, 1.54) is 57.8 Å². The summed E-state index contributed by atoms with van der Waals surface area (Å²) in [4.78, 5) is 0. The molecule has 0 aromatic carbocycles. The van der Waals surface area contributed by atoms with Crippen molar-refractivity contribution in [3.8, 4) is 0 Å². The van der Waals surface area contributed by atoms with Gasteiger partial charge in [-0.15, -0.1) is 17.0 Å². The number of rotatable bonds is 12. The Kier molecular flexibility index (Phi) is 15.4. The molecular weight excluding hydrogens is 298 g/mol. The van der Waals surface area contributed by atoms with Crippen molar-refractivity contribution in [2.45, 2.75) is 104 Å². The fraction of sp³-hybridized carbons (Fsp3) is 1.00. The van der Waals surface area contributed by atoms with E-state index in [1.54, 1.807) is 0 Å². The Bertz CT molecular complexity index is 178. The Labute approximate surface area is 132 Å². The molecule has 0 aliphatic carbocycles. The Balaban J connectivity index is 0. The quantitative estimate of drug-likeness (QED) is 0.419. The molecule has 0 aromatic rings. The molecule has 19 heavy (non-hydrogen) atoms. The third-order valence-corrected chi connectivity index (χ3v) is 4.78. The van der Waals surface area contributed by atoms with E-state index in [1.807, 2.05) is 0 Å². The van der Waals surface area contributed by atoms with Crippen LogP contribution in [0.4, 0.5) is 0 Å². The van der Waals surface area contributed by atoms with Gasteiger partial charge in [0, 0.05) is 5.54 Å². The smallest absolute Gasteiger partial charge is 0.0177 e. The Morgan fingerprint density at radius 1 is 0.789 bits per heavy atom. The molecule has 0 amide bonds. The minimum atomic E-state index is 0. The largest absolute Gasteiger partial charge is 0.325 e. The third-order valence-electron chi connectivity index (χ3n) is 4.78. The van der Waals surface area contributed by atoms with Gasteiger partial charge in [0.15, 0.2) is 0 Å². The number of unbranched alkanes of at least 4 members (excludes halogenated alkanes) is 6. The van der Waals surface area contributed by atoms with Crippen molar-refractivity contribution >= 4 is 17.0 Å². The topological polar surface area (TPSA) is 26.0 Å². The van der Waals surface area contributed by atoms with Gasteiger partial charge in [0.05, 0.1) is 0 Å². The fourth-order valence-corrected chi connectivity index (χ4v) is 3.07. The van der Waals surface area contributed by atoms with E-state index < -0.39 is 0 Å². The number of hydrogen-bond donors (Lipinski definition) is 1. The van der Waals surface area contributed by atoms with Crippen molar-refractivity contribution in [3.05, 3.63) is 0 Å². The van der Waals surface area contributed by atoms with Gasteiger partial charge in [0.2, 0.25) is 0 Å². The predicted octanol–water partition coefficient (Wildman–Crippen LogP) is 6.25. The van der Waals surface area contributed by atoms with Crippen LogP contribution >= 0.6 is 17.0 Å². The maximum absolute atomic E-state index is 6.53. The first-order valence-electron chi connectivity index (χ1n) is 8.43. The zero-order valence-electron chi connectivity index (χ0n) is 13.8. The van der Waals surface area contributed by atoms with Crippen LogP contribution in [0.2, 0.25) is 0 Å². The second-order valence-electron chi connectivity index (χ2n) is 5.96.